The SMILES string of the molecule is COc1ccc(NC(=O)CN[C@@H](C)c2ccccc2Cl)cc1OC. The maximum Gasteiger partial charge on any atom is 0.238 e. The van der Waals surface area contributed by atoms with Crippen LogP contribution in [0.3, 0.4) is 0 Å². The molecule has 0 spiro atoms. The number of carbonyl (C=O) groups excluding carboxylic acids is 1. The van der Waals surface area contributed by atoms with E-state index in [0.29, 0.717) is 22.2 Å². The van der Waals surface area contributed by atoms with Crippen LogP contribution in [0.5, 0.6) is 11.5 Å². The summed E-state index contributed by atoms with van der Waals surface area (Å²) in [5.74, 6) is 1.02. The van der Waals surface area contributed by atoms with Crippen molar-refractivity contribution in [2.45, 2.75) is 13.0 Å². The molecule has 2 aromatic carbocycles. The lowest BCUT2D eigenvalue weighted by atomic mass is 10.1. The van der Waals surface area contributed by atoms with Crippen LogP contribution in [0.1, 0.15) is 18.5 Å². The summed E-state index contributed by atoms with van der Waals surface area (Å²) in [7, 11) is 3.12. The first-order valence-corrected chi connectivity index (χ1v) is 7.92. The van der Waals surface area contributed by atoms with E-state index in [-0.39, 0.29) is 18.5 Å². The quantitative estimate of drug-likeness (QED) is 0.802. The Labute approximate surface area is 146 Å². The van der Waals surface area contributed by atoms with Crippen LogP contribution in [-0.4, -0.2) is 26.7 Å². The molecule has 0 saturated carbocycles. The van der Waals surface area contributed by atoms with Crippen LogP contribution >= 0.6 is 11.6 Å². The molecular formula is C18H21ClN2O3. The molecule has 24 heavy (non-hydrogen) atoms. The summed E-state index contributed by atoms with van der Waals surface area (Å²) in [4.78, 5) is 12.1. The van der Waals surface area contributed by atoms with E-state index in [9.17, 15) is 4.79 Å². The first kappa shape index (κ1) is 18.1. The van der Waals surface area contributed by atoms with Gasteiger partial charge in [0.2, 0.25) is 5.91 Å². The van der Waals surface area contributed by atoms with Crippen LogP contribution in [0, 0.1) is 0 Å². The van der Waals surface area contributed by atoms with Crippen LogP contribution in [0.4, 0.5) is 5.69 Å². The zero-order chi connectivity index (χ0) is 17.5. The first-order valence-electron chi connectivity index (χ1n) is 7.55. The standard InChI is InChI=1S/C18H21ClN2O3/c1-12(14-6-4-5-7-15(14)19)20-11-18(22)21-13-8-9-16(23-2)17(10-13)24-3/h4-10,12,20H,11H2,1-3H3,(H,21,22)/t12-/m0/s1. The molecule has 1 atom stereocenters. The molecule has 0 fully saturated rings. The number of hydrogen-bond acceptors (Lipinski definition) is 4. The highest BCUT2D eigenvalue weighted by molar-refractivity contribution is 6.31. The molecule has 0 saturated heterocycles. The van der Waals surface area contributed by atoms with Crippen molar-refractivity contribution in [1.82, 2.24) is 5.32 Å². The van der Waals surface area contributed by atoms with Crippen LogP contribution in [-0.2, 0) is 4.79 Å². The highest BCUT2D eigenvalue weighted by atomic mass is 35.5. The summed E-state index contributed by atoms with van der Waals surface area (Å²) in [6, 6.07) is 12.8. The number of hydrogen-bond donors (Lipinski definition) is 2. The lowest BCUT2D eigenvalue weighted by Crippen LogP contribution is -2.30. The molecule has 2 N–H and O–H groups in total. The van der Waals surface area contributed by atoms with E-state index in [1.165, 1.54) is 0 Å². The minimum atomic E-state index is -0.152. The fraction of sp³-hybridized carbons (Fsp3) is 0.278. The fourth-order valence-corrected chi connectivity index (χ4v) is 2.60. The maximum atomic E-state index is 12.1. The first-order chi connectivity index (χ1) is 11.5. The minimum absolute atomic E-state index is 0.0325. The number of carbonyl (C=O) groups is 1. The number of halogens is 1. The van der Waals surface area contributed by atoms with Gasteiger partial charge < -0.3 is 20.1 Å². The van der Waals surface area contributed by atoms with E-state index in [4.69, 9.17) is 21.1 Å². The molecule has 0 bridgehead atoms. The molecule has 0 unspecified atom stereocenters. The van der Waals surface area contributed by atoms with Gasteiger partial charge in [0.25, 0.3) is 0 Å². The Morgan fingerprint density at radius 2 is 1.83 bits per heavy atom. The Hall–Kier alpha value is -2.24. The number of methoxy groups -OCH3 is 2. The number of benzene rings is 2. The minimum Gasteiger partial charge on any atom is -0.493 e. The number of amides is 1. The van der Waals surface area contributed by atoms with Gasteiger partial charge in [-0.15, -0.1) is 0 Å². The van der Waals surface area contributed by atoms with Crippen molar-refractivity contribution in [2.24, 2.45) is 0 Å². The Balaban J connectivity index is 1.93. The van der Waals surface area contributed by atoms with Crippen molar-refractivity contribution in [1.29, 1.82) is 0 Å². The predicted molar refractivity (Wildman–Crippen MR) is 96.0 cm³/mol. The zero-order valence-electron chi connectivity index (χ0n) is 13.9. The second-order valence-corrected chi connectivity index (χ2v) is 5.65. The second kappa shape index (κ2) is 8.57. The van der Waals surface area contributed by atoms with Gasteiger partial charge in [-0.1, -0.05) is 29.8 Å². The third-order valence-corrected chi connectivity index (χ3v) is 3.95. The van der Waals surface area contributed by atoms with Crippen LogP contribution < -0.4 is 20.1 Å². The van der Waals surface area contributed by atoms with Gasteiger partial charge in [0.1, 0.15) is 0 Å². The summed E-state index contributed by atoms with van der Waals surface area (Å²) in [5, 5.41) is 6.66. The van der Waals surface area contributed by atoms with Gasteiger partial charge in [-0.2, -0.15) is 0 Å². The molecule has 2 aromatic rings. The van der Waals surface area contributed by atoms with Crippen molar-refractivity contribution in [3.63, 3.8) is 0 Å². The van der Waals surface area contributed by atoms with E-state index in [1.807, 2.05) is 31.2 Å². The third-order valence-electron chi connectivity index (χ3n) is 3.61. The van der Waals surface area contributed by atoms with Crippen LogP contribution in [0.25, 0.3) is 0 Å². The Morgan fingerprint density at radius 3 is 2.50 bits per heavy atom. The number of rotatable bonds is 7. The molecule has 0 aliphatic rings. The van der Waals surface area contributed by atoms with Crippen molar-refractivity contribution in [3.05, 3.63) is 53.1 Å². The predicted octanol–water partition coefficient (Wildman–Crippen LogP) is 3.65. The Bertz CT molecular complexity index is 706. The number of anilines is 1. The van der Waals surface area contributed by atoms with Gasteiger partial charge >= 0.3 is 0 Å². The van der Waals surface area contributed by atoms with Gasteiger partial charge in [0.05, 0.1) is 20.8 Å². The molecule has 0 aromatic heterocycles. The smallest absolute Gasteiger partial charge is 0.238 e. The highest BCUT2D eigenvalue weighted by Gasteiger charge is 2.11. The highest BCUT2D eigenvalue weighted by Crippen LogP contribution is 2.29. The normalized spacial score (nSPS) is 11.7. The molecule has 2 rings (SSSR count). The molecular weight excluding hydrogens is 328 g/mol. The topological polar surface area (TPSA) is 59.6 Å². The maximum absolute atomic E-state index is 12.1. The van der Waals surface area contributed by atoms with E-state index in [0.717, 1.165) is 5.56 Å². The molecule has 6 heteroatoms. The average Bonchev–Trinajstić information content (AvgIpc) is 2.60. The summed E-state index contributed by atoms with van der Waals surface area (Å²) < 4.78 is 10.4. The molecule has 5 nitrogen and oxygen atoms in total. The van der Waals surface area contributed by atoms with Crippen molar-refractivity contribution < 1.29 is 14.3 Å². The summed E-state index contributed by atoms with van der Waals surface area (Å²) in [5.41, 5.74) is 1.60. The molecule has 1 amide bonds. The molecule has 0 radical (unpaired) electrons. The largest absolute Gasteiger partial charge is 0.493 e. The monoisotopic (exact) mass is 348 g/mol. The fourth-order valence-electron chi connectivity index (χ4n) is 2.30. The zero-order valence-corrected chi connectivity index (χ0v) is 14.7. The second-order valence-electron chi connectivity index (χ2n) is 5.24. The van der Waals surface area contributed by atoms with Gasteiger partial charge in [0.15, 0.2) is 11.5 Å². The van der Waals surface area contributed by atoms with E-state index < -0.39 is 0 Å². The van der Waals surface area contributed by atoms with Crippen LogP contribution in [0.15, 0.2) is 42.5 Å². The lowest BCUT2D eigenvalue weighted by Gasteiger charge is -2.16. The Morgan fingerprint density at radius 1 is 1.12 bits per heavy atom. The summed E-state index contributed by atoms with van der Waals surface area (Å²) in [6.07, 6.45) is 0. The Kier molecular flexibility index (Phi) is 6.46. The van der Waals surface area contributed by atoms with Crippen molar-refractivity contribution >= 4 is 23.2 Å². The summed E-state index contributed by atoms with van der Waals surface area (Å²) >= 11 is 6.16. The van der Waals surface area contributed by atoms with Gasteiger partial charge in [-0.25, -0.2) is 0 Å². The lowest BCUT2D eigenvalue weighted by molar-refractivity contribution is -0.115. The van der Waals surface area contributed by atoms with Crippen molar-refractivity contribution in [3.8, 4) is 11.5 Å². The average molecular weight is 349 g/mol. The van der Waals surface area contributed by atoms with Gasteiger partial charge in [0, 0.05) is 22.8 Å². The number of nitrogens with one attached hydrogen (secondary N) is 2. The van der Waals surface area contributed by atoms with Crippen LogP contribution in [0.2, 0.25) is 5.02 Å². The molecule has 0 aliphatic carbocycles. The summed E-state index contributed by atoms with van der Waals surface area (Å²) in [6.45, 7) is 2.13. The third kappa shape index (κ3) is 4.63. The number of ether oxygens (including phenoxy) is 2. The molecule has 128 valence electrons. The van der Waals surface area contributed by atoms with E-state index >= 15 is 0 Å². The van der Waals surface area contributed by atoms with Gasteiger partial charge in [-0.05, 0) is 30.7 Å². The molecule has 0 aliphatic heterocycles. The van der Waals surface area contributed by atoms with E-state index in [1.54, 1.807) is 32.4 Å². The van der Waals surface area contributed by atoms with Crippen molar-refractivity contribution in [2.75, 3.05) is 26.1 Å². The molecule has 0 heterocycles. The van der Waals surface area contributed by atoms with Gasteiger partial charge in [-0.3, -0.25) is 4.79 Å². The van der Waals surface area contributed by atoms with E-state index in [2.05, 4.69) is 10.6 Å².